The van der Waals surface area contributed by atoms with Crippen LogP contribution in [0.1, 0.15) is 5.56 Å². The topological polar surface area (TPSA) is 58.3 Å². The van der Waals surface area contributed by atoms with Crippen LogP contribution in [0.2, 0.25) is 0 Å². The minimum atomic E-state index is -4.52. The number of halogens is 3. The summed E-state index contributed by atoms with van der Waals surface area (Å²) in [7, 11) is 0. The first-order chi connectivity index (χ1) is 7.95. The maximum atomic E-state index is 12.6. The Bertz CT molecular complexity index is 329. The fraction of sp³-hybridized carbons (Fsp3) is 0.455. The second-order valence-electron chi connectivity index (χ2n) is 3.69. The highest BCUT2D eigenvalue weighted by atomic mass is 19.4. The standard InChI is InChI=1S/C11H15F3N2O/c12-11(13,14)10(9(17)6-15)16-7-8-4-2-1-3-5-8/h1-5,9-10,16-17H,6-7,15H2/t9-,10+/m0/s1. The lowest BCUT2D eigenvalue weighted by molar-refractivity contribution is -0.177. The highest BCUT2D eigenvalue weighted by Gasteiger charge is 2.43. The van der Waals surface area contributed by atoms with Crippen LogP contribution in [-0.4, -0.2) is 30.0 Å². The molecule has 0 radical (unpaired) electrons. The van der Waals surface area contributed by atoms with E-state index >= 15 is 0 Å². The normalized spacial score (nSPS) is 15.6. The molecule has 0 amide bonds. The van der Waals surface area contributed by atoms with E-state index < -0.39 is 24.9 Å². The number of benzene rings is 1. The van der Waals surface area contributed by atoms with E-state index in [1.807, 2.05) is 0 Å². The average molecular weight is 248 g/mol. The predicted octanol–water partition coefficient (Wildman–Crippen LogP) is 1.03. The molecule has 4 N–H and O–H groups in total. The number of rotatable bonds is 5. The molecule has 0 fully saturated rings. The van der Waals surface area contributed by atoms with Crippen LogP contribution in [-0.2, 0) is 6.54 Å². The maximum absolute atomic E-state index is 12.6. The first-order valence-corrected chi connectivity index (χ1v) is 5.17. The van der Waals surface area contributed by atoms with Gasteiger partial charge < -0.3 is 10.8 Å². The summed E-state index contributed by atoms with van der Waals surface area (Å²) in [4.78, 5) is 0. The van der Waals surface area contributed by atoms with Crippen LogP contribution in [0, 0.1) is 0 Å². The molecule has 0 aliphatic rings. The smallest absolute Gasteiger partial charge is 0.390 e. The third-order valence-corrected chi connectivity index (χ3v) is 2.35. The third-order valence-electron chi connectivity index (χ3n) is 2.35. The SMILES string of the molecule is NC[C@H](O)[C@@H](NCc1ccccc1)C(F)(F)F. The molecular formula is C11H15F3N2O. The molecule has 0 unspecified atom stereocenters. The van der Waals surface area contributed by atoms with Crippen molar-refractivity contribution in [1.82, 2.24) is 5.32 Å². The lowest BCUT2D eigenvalue weighted by Crippen LogP contribution is -2.52. The van der Waals surface area contributed by atoms with Gasteiger partial charge in [-0.05, 0) is 5.56 Å². The minimum absolute atomic E-state index is 0.0298. The minimum Gasteiger partial charge on any atom is -0.390 e. The zero-order valence-corrected chi connectivity index (χ0v) is 9.11. The van der Waals surface area contributed by atoms with Crippen molar-refractivity contribution in [3.05, 3.63) is 35.9 Å². The summed E-state index contributed by atoms with van der Waals surface area (Å²) in [6.07, 6.45) is -6.16. The van der Waals surface area contributed by atoms with E-state index in [1.165, 1.54) is 0 Å². The predicted molar refractivity (Wildman–Crippen MR) is 58.2 cm³/mol. The molecule has 2 atom stereocenters. The van der Waals surface area contributed by atoms with E-state index in [-0.39, 0.29) is 6.54 Å². The summed E-state index contributed by atoms with van der Waals surface area (Å²) in [5.41, 5.74) is 5.76. The number of aliphatic hydroxyl groups excluding tert-OH is 1. The van der Waals surface area contributed by atoms with Crippen LogP contribution in [0.3, 0.4) is 0 Å². The largest absolute Gasteiger partial charge is 0.406 e. The number of aliphatic hydroxyl groups is 1. The molecule has 0 aliphatic carbocycles. The Morgan fingerprint density at radius 1 is 1.24 bits per heavy atom. The monoisotopic (exact) mass is 248 g/mol. The van der Waals surface area contributed by atoms with E-state index in [9.17, 15) is 18.3 Å². The van der Waals surface area contributed by atoms with E-state index in [4.69, 9.17) is 5.73 Å². The summed E-state index contributed by atoms with van der Waals surface area (Å²) in [5, 5.41) is 11.5. The summed E-state index contributed by atoms with van der Waals surface area (Å²) in [6.45, 7) is -0.409. The maximum Gasteiger partial charge on any atom is 0.406 e. The Morgan fingerprint density at radius 2 is 1.82 bits per heavy atom. The highest BCUT2D eigenvalue weighted by molar-refractivity contribution is 5.14. The number of nitrogens with one attached hydrogen (secondary N) is 1. The molecule has 6 heteroatoms. The first-order valence-electron chi connectivity index (χ1n) is 5.17. The van der Waals surface area contributed by atoms with Crippen LogP contribution >= 0.6 is 0 Å². The Hall–Kier alpha value is -1.11. The number of hydrogen-bond donors (Lipinski definition) is 3. The number of hydrogen-bond acceptors (Lipinski definition) is 3. The van der Waals surface area contributed by atoms with Gasteiger partial charge in [0.15, 0.2) is 0 Å². The van der Waals surface area contributed by atoms with Gasteiger partial charge in [0.1, 0.15) is 6.04 Å². The van der Waals surface area contributed by atoms with Crippen molar-refractivity contribution in [1.29, 1.82) is 0 Å². The fourth-order valence-electron chi connectivity index (χ4n) is 1.43. The lowest BCUT2D eigenvalue weighted by atomic mass is 10.1. The number of nitrogens with two attached hydrogens (primary N) is 1. The zero-order valence-electron chi connectivity index (χ0n) is 9.11. The zero-order chi connectivity index (χ0) is 12.9. The summed E-state index contributed by atoms with van der Waals surface area (Å²) in [5.74, 6) is 0. The third kappa shape index (κ3) is 4.33. The van der Waals surface area contributed by atoms with Crippen LogP contribution in [0.15, 0.2) is 30.3 Å². The van der Waals surface area contributed by atoms with Crippen molar-refractivity contribution in [2.75, 3.05) is 6.54 Å². The summed E-state index contributed by atoms with van der Waals surface area (Å²) >= 11 is 0. The summed E-state index contributed by atoms with van der Waals surface area (Å²) in [6, 6.07) is 6.65. The van der Waals surface area contributed by atoms with Crippen LogP contribution in [0.25, 0.3) is 0 Å². The molecule has 0 saturated carbocycles. The molecule has 17 heavy (non-hydrogen) atoms. The van der Waals surface area contributed by atoms with Crippen molar-refractivity contribution < 1.29 is 18.3 Å². The van der Waals surface area contributed by atoms with Crippen molar-refractivity contribution in [2.45, 2.75) is 24.9 Å². The van der Waals surface area contributed by atoms with E-state index in [1.54, 1.807) is 30.3 Å². The molecule has 0 saturated heterocycles. The van der Waals surface area contributed by atoms with Gasteiger partial charge in [-0.1, -0.05) is 30.3 Å². The molecule has 0 aromatic heterocycles. The Labute approximate surface area is 97.4 Å². The molecule has 0 heterocycles. The van der Waals surface area contributed by atoms with E-state index in [2.05, 4.69) is 5.32 Å². The van der Waals surface area contributed by atoms with Crippen molar-refractivity contribution >= 4 is 0 Å². The molecule has 0 bridgehead atoms. The summed E-state index contributed by atoms with van der Waals surface area (Å²) < 4.78 is 37.7. The molecular weight excluding hydrogens is 233 g/mol. The van der Waals surface area contributed by atoms with Gasteiger partial charge >= 0.3 is 6.18 Å². The molecule has 1 rings (SSSR count). The van der Waals surface area contributed by atoms with Gasteiger partial charge in [-0.2, -0.15) is 13.2 Å². The number of alkyl halides is 3. The Balaban J connectivity index is 2.62. The van der Waals surface area contributed by atoms with Crippen LogP contribution < -0.4 is 11.1 Å². The molecule has 0 aliphatic heterocycles. The van der Waals surface area contributed by atoms with Crippen molar-refractivity contribution in [2.24, 2.45) is 5.73 Å². The molecule has 96 valence electrons. The fourth-order valence-corrected chi connectivity index (χ4v) is 1.43. The van der Waals surface area contributed by atoms with E-state index in [0.29, 0.717) is 5.56 Å². The van der Waals surface area contributed by atoms with Gasteiger partial charge in [-0.3, -0.25) is 5.32 Å². The Kier molecular flexibility index (Phi) is 4.92. The second-order valence-corrected chi connectivity index (χ2v) is 3.69. The second kappa shape index (κ2) is 6.00. The van der Waals surface area contributed by atoms with Gasteiger partial charge in [0.2, 0.25) is 0 Å². The first kappa shape index (κ1) is 14.0. The van der Waals surface area contributed by atoms with Gasteiger partial charge in [0.25, 0.3) is 0 Å². The molecule has 1 aromatic rings. The van der Waals surface area contributed by atoms with Gasteiger partial charge in [0, 0.05) is 13.1 Å². The van der Waals surface area contributed by atoms with Crippen LogP contribution in [0.5, 0.6) is 0 Å². The van der Waals surface area contributed by atoms with Crippen molar-refractivity contribution in [3.63, 3.8) is 0 Å². The van der Waals surface area contributed by atoms with Crippen LogP contribution in [0.4, 0.5) is 13.2 Å². The van der Waals surface area contributed by atoms with Gasteiger partial charge in [0.05, 0.1) is 6.10 Å². The molecule has 3 nitrogen and oxygen atoms in total. The lowest BCUT2D eigenvalue weighted by Gasteiger charge is -2.25. The highest BCUT2D eigenvalue weighted by Crippen LogP contribution is 2.22. The Morgan fingerprint density at radius 3 is 2.29 bits per heavy atom. The van der Waals surface area contributed by atoms with E-state index in [0.717, 1.165) is 0 Å². The molecule has 0 spiro atoms. The van der Waals surface area contributed by atoms with Crippen molar-refractivity contribution in [3.8, 4) is 0 Å². The van der Waals surface area contributed by atoms with Gasteiger partial charge in [-0.15, -0.1) is 0 Å². The molecule has 1 aromatic carbocycles. The van der Waals surface area contributed by atoms with Gasteiger partial charge in [-0.25, -0.2) is 0 Å². The quantitative estimate of drug-likeness (QED) is 0.729. The average Bonchev–Trinajstić information content (AvgIpc) is 2.28.